The van der Waals surface area contributed by atoms with E-state index in [1.807, 2.05) is 0 Å². The van der Waals surface area contributed by atoms with Crippen molar-refractivity contribution in [3.8, 4) is 0 Å². The average Bonchev–Trinajstić information content (AvgIpc) is 2.22. The Balaban J connectivity index is 2.28. The molecule has 0 aromatic rings. The third-order valence-electron chi connectivity index (χ3n) is 3.31. The molecule has 86 valence electrons. The minimum absolute atomic E-state index is 0.266. The number of hydrogen-bond acceptors (Lipinski definition) is 2. The van der Waals surface area contributed by atoms with Crippen molar-refractivity contribution >= 4 is 6.08 Å². The maximum absolute atomic E-state index is 10.3. The highest BCUT2D eigenvalue weighted by atomic mass is 16.1. The molecule has 0 amide bonds. The number of hydrogen-bond donors (Lipinski definition) is 0. The maximum Gasteiger partial charge on any atom is 0.235 e. The Kier molecular flexibility index (Phi) is 7.20. The first-order valence-electron chi connectivity index (χ1n) is 6.50. The van der Waals surface area contributed by atoms with E-state index in [1.165, 1.54) is 57.8 Å². The molecule has 0 atom stereocenters. The minimum atomic E-state index is 0.266. The molecule has 2 nitrogen and oxygen atoms in total. The monoisotopic (exact) mass is 209 g/mol. The van der Waals surface area contributed by atoms with Gasteiger partial charge in [0.05, 0.1) is 6.04 Å². The van der Waals surface area contributed by atoms with Gasteiger partial charge in [0.25, 0.3) is 0 Å². The van der Waals surface area contributed by atoms with Crippen LogP contribution in [-0.2, 0) is 4.79 Å². The van der Waals surface area contributed by atoms with Crippen molar-refractivity contribution in [3.63, 3.8) is 0 Å². The van der Waals surface area contributed by atoms with Gasteiger partial charge in [0, 0.05) is 0 Å². The molecule has 0 saturated heterocycles. The lowest BCUT2D eigenvalue weighted by atomic mass is 9.98. The Hall–Kier alpha value is -0.620. The van der Waals surface area contributed by atoms with Crippen molar-refractivity contribution in [2.45, 2.75) is 76.7 Å². The van der Waals surface area contributed by atoms with Crippen LogP contribution in [-0.4, -0.2) is 12.1 Å². The second kappa shape index (κ2) is 8.67. The van der Waals surface area contributed by atoms with E-state index in [0.29, 0.717) is 0 Å². The number of isocyanates is 1. The first kappa shape index (κ1) is 12.4. The van der Waals surface area contributed by atoms with Crippen LogP contribution < -0.4 is 0 Å². The summed E-state index contributed by atoms with van der Waals surface area (Å²) in [5.41, 5.74) is 0. The summed E-state index contributed by atoms with van der Waals surface area (Å²) in [5, 5.41) is 0. The van der Waals surface area contributed by atoms with Crippen molar-refractivity contribution in [1.29, 1.82) is 0 Å². The molecule has 0 aromatic heterocycles. The van der Waals surface area contributed by atoms with E-state index in [4.69, 9.17) is 0 Å². The van der Waals surface area contributed by atoms with Crippen molar-refractivity contribution in [1.82, 2.24) is 0 Å². The zero-order valence-corrected chi connectivity index (χ0v) is 9.71. The van der Waals surface area contributed by atoms with Crippen molar-refractivity contribution in [2.24, 2.45) is 4.99 Å². The summed E-state index contributed by atoms with van der Waals surface area (Å²) < 4.78 is 0. The van der Waals surface area contributed by atoms with Gasteiger partial charge in [-0.25, -0.2) is 9.79 Å². The normalized spacial score (nSPS) is 22.1. The fourth-order valence-electron chi connectivity index (χ4n) is 2.35. The van der Waals surface area contributed by atoms with Gasteiger partial charge in [0.15, 0.2) is 0 Å². The van der Waals surface area contributed by atoms with Gasteiger partial charge in [0.2, 0.25) is 6.08 Å². The SMILES string of the molecule is O=C=NC1CCCCCCCCCCC1. The van der Waals surface area contributed by atoms with Gasteiger partial charge in [0.1, 0.15) is 0 Å². The molecule has 1 fully saturated rings. The van der Waals surface area contributed by atoms with Crippen molar-refractivity contribution in [2.75, 3.05) is 0 Å². The standard InChI is InChI=1S/C13H23NO/c15-12-14-13-10-8-6-4-2-1-3-5-7-9-11-13/h13H,1-11H2. The van der Waals surface area contributed by atoms with E-state index in [1.54, 1.807) is 6.08 Å². The Morgan fingerprint density at radius 3 is 1.53 bits per heavy atom. The Labute approximate surface area is 93.2 Å². The molecular formula is C13H23NO. The highest BCUT2D eigenvalue weighted by molar-refractivity contribution is 5.33. The molecule has 1 rings (SSSR count). The zero-order chi connectivity index (χ0) is 10.8. The Morgan fingerprint density at radius 2 is 1.13 bits per heavy atom. The third kappa shape index (κ3) is 6.46. The Morgan fingerprint density at radius 1 is 0.733 bits per heavy atom. The van der Waals surface area contributed by atoms with Crippen LogP contribution in [0.2, 0.25) is 0 Å². The van der Waals surface area contributed by atoms with E-state index >= 15 is 0 Å². The van der Waals surface area contributed by atoms with Crippen molar-refractivity contribution in [3.05, 3.63) is 0 Å². The molecule has 0 N–H and O–H groups in total. The van der Waals surface area contributed by atoms with Gasteiger partial charge < -0.3 is 0 Å². The van der Waals surface area contributed by atoms with Crippen LogP contribution in [0.15, 0.2) is 4.99 Å². The molecule has 0 heterocycles. The molecule has 0 aromatic carbocycles. The first-order chi connectivity index (χ1) is 7.43. The van der Waals surface area contributed by atoms with Crippen LogP contribution in [0.3, 0.4) is 0 Å². The zero-order valence-electron chi connectivity index (χ0n) is 9.71. The lowest BCUT2D eigenvalue weighted by Gasteiger charge is -2.11. The molecule has 0 radical (unpaired) electrons. The summed E-state index contributed by atoms with van der Waals surface area (Å²) in [5.74, 6) is 0. The molecule has 2 heteroatoms. The fraction of sp³-hybridized carbons (Fsp3) is 0.923. The molecule has 15 heavy (non-hydrogen) atoms. The summed E-state index contributed by atoms with van der Waals surface area (Å²) in [6, 6.07) is 0.266. The average molecular weight is 209 g/mol. The van der Waals surface area contributed by atoms with Crippen LogP contribution in [0, 0.1) is 0 Å². The topological polar surface area (TPSA) is 29.4 Å². The van der Waals surface area contributed by atoms with Crippen molar-refractivity contribution < 1.29 is 4.79 Å². The summed E-state index contributed by atoms with van der Waals surface area (Å²) >= 11 is 0. The molecule has 1 saturated carbocycles. The third-order valence-corrected chi connectivity index (χ3v) is 3.31. The lowest BCUT2D eigenvalue weighted by Crippen LogP contribution is -2.04. The van der Waals surface area contributed by atoms with E-state index in [9.17, 15) is 4.79 Å². The molecule has 0 aliphatic heterocycles. The smallest absolute Gasteiger partial charge is 0.211 e. The van der Waals surface area contributed by atoms with Gasteiger partial charge in [-0.15, -0.1) is 0 Å². The summed E-state index contributed by atoms with van der Waals surface area (Å²) in [4.78, 5) is 14.2. The summed E-state index contributed by atoms with van der Waals surface area (Å²) in [7, 11) is 0. The largest absolute Gasteiger partial charge is 0.235 e. The van der Waals surface area contributed by atoms with E-state index in [2.05, 4.69) is 4.99 Å². The molecule has 0 bridgehead atoms. The quantitative estimate of drug-likeness (QED) is 0.474. The highest BCUT2D eigenvalue weighted by Gasteiger charge is 2.07. The predicted molar refractivity (Wildman–Crippen MR) is 62.7 cm³/mol. The highest BCUT2D eigenvalue weighted by Crippen LogP contribution is 2.18. The van der Waals surface area contributed by atoms with E-state index in [0.717, 1.165) is 12.8 Å². The predicted octanol–water partition coefficient (Wildman–Crippen LogP) is 4.00. The summed E-state index contributed by atoms with van der Waals surface area (Å²) in [6.07, 6.45) is 15.9. The molecule has 1 aliphatic carbocycles. The molecule has 0 spiro atoms. The van der Waals surface area contributed by atoms with Crippen LogP contribution in [0.25, 0.3) is 0 Å². The Bertz CT molecular complexity index is 185. The number of nitrogens with zero attached hydrogens (tertiary/aromatic N) is 1. The summed E-state index contributed by atoms with van der Waals surface area (Å²) in [6.45, 7) is 0. The maximum atomic E-state index is 10.3. The number of carbonyl (C=O) groups excluding carboxylic acids is 1. The van der Waals surface area contributed by atoms with Gasteiger partial charge in [-0.2, -0.15) is 0 Å². The van der Waals surface area contributed by atoms with Gasteiger partial charge in [-0.05, 0) is 12.8 Å². The second-order valence-corrected chi connectivity index (χ2v) is 4.63. The van der Waals surface area contributed by atoms with Gasteiger partial charge in [-0.3, -0.25) is 0 Å². The molecule has 1 aliphatic rings. The number of rotatable bonds is 1. The fourth-order valence-corrected chi connectivity index (χ4v) is 2.35. The molecular weight excluding hydrogens is 186 g/mol. The first-order valence-corrected chi connectivity index (χ1v) is 6.50. The van der Waals surface area contributed by atoms with Gasteiger partial charge in [-0.1, -0.05) is 57.8 Å². The van der Waals surface area contributed by atoms with Crippen LogP contribution in [0.4, 0.5) is 0 Å². The number of aliphatic imine (C=N–C) groups is 1. The minimum Gasteiger partial charge on any atom is -0.211 e. The van der Waals surface area contributed by atoms with Crippen LogP contribution in [0.5, 0.6) is 0 Å². The van der Waals surface area contributed by atoms with Crippen LogP contribution >= 0.6 is 0 Å². The second-order valence-electron chi connectivity index (χ2n) is 4.63. The van der Waals surface area contributed by atoms with E-state index in [-0.39, 0.29) is 6.04 Å². The van der Waals surface area contributed by atoms with E-state index < -0.39 is 0 Å². The molecule has 0 unspecified atom stereocenters. The van der Waals surface area contributed by atoms with Crippen LogP contribution in [0.1, 0.15) is 70.6 Å². The van der Waals surface area contributed by atoms with Gasteiger partial charge >= 0.3 is 0 Å². The lowest BCUT2D eigenvalue weighted by molar-refractivity contribution is 0.463.